The number of ether oxygens (including phenoxy) is 1. The maximum absolute atomic E-state index is 5.83. The van der Waals surface area contributed by atoms with Crippen LogP contribution >= 0.6 is 0 Å². The van der Waals surface area contributed by atoms with Crippen molar-refractivity contribution in [2.75, 3.05) is 19.7 Å². The van der Waals surface area contributed by atoms with E-state index in [2.05, 4.69) is 12.2 Å². The van der Waals surface area contributed by atoms with Crippen LogP contribution in [0.2, 0.25) is 0 Å². The van der Waals surface area contributed by atoms with Crippen LogP contribution in [0.25, 0.3) is 0 Å². The number of rotatable bonds is 0. The fourth-order valence-corrected chi connectivity index (χ4v) is 2.29. The molecule has 2 nitrogen and oxygen atoms in total. The molecule has 2 unspecified atom stereocenters. The van der Waals surface area contributed by atoms with Crippen LogP contribution in [-0.2, 0) is 4.74 Å². The second-order valence-electron chi connectivity index (χ2n) is 4.06. The van der Waals surface area contributed by atoms with Crippen LogP contribution < -0.4 is 5.32 Å². The molecule has 0 aromatic heterocycles. The molecule has 0 aliphatic carbocycles. The van der Waals surface area contributed by atoms with E-state index in [0.717, 1.165) is 25.6 Å². The van der Waals surface area contributed by atoms with Crippen molar-refractivity contribution in [2.24, 2.45) is 5.92 Å². The summed E-state index contributed by atoms with van der Waals surface area (Å²) in [6.45, 7) is 5.54. The first-order valence-corrected chi connectivity index (χ1v) is 4.65. The number of hydrogen-bond donors (Lipinski definition) is 1. The molecule has 0 aromatic rings. The monoisotopic (exact) mass is 155 g/mol. The zero-order valence-electron chi connectivity index (χ0n) is 7.23. The molecule has 11 heavy (non-hydrogen) atoms. The Kier molecular flexibility index (Phi) is 1.90. The lowest BCUT2D eigenvalue weighted by Crippen LogP contribution is -2.40. The molecular weight excluding hydrogens is 138 g/mol. The van der Waals surface area contributed by atoms with Gasteiger partial charge in [-0.05, 0) is 31.7 Å². The minimum atomic E-state index is 0.234. The van der Waals surface area contributed by atoms with Crippen LogP contribution in [0.5, 0.6) is 0 Å². The van der Waals surface area contributed by atoms with Crippen LogP contribution in [0.3, 0.4) is 0 Å². The first kappa shape index (κ1) is 7.56. The van der Waals surface area contributed by atoms with E-state index in [1.807, 2.05) is 0 Å². The Bertz CT molecular complexity index is 140. The largest absolute Gasteiger partial charge is 0.374 e. The van der Waals surface area contributed by atoms with Gasteiger partial charge in [0.1, 0.15) is 0 Å². The molecule has 0 aromatic carbocycles. The molecule has 2 aliphatic rings. The fourth-order valence-electron chi connectivity index (χ4n) is 2.29. The van der Waals surface area contributed by atoms with Crippen molar-refractivity contribution in [2.45, 2.75) is 31.8 Å². The molecule has 2 saturated heterocycles. The van der Waals surface area contributed by atoms with E-state index in [4.69, 9.17) is 4.74 Å². The fraction of sp³-hybridized carbons (Fsp3) is 1.00. The smallest absolute Gasteiger partial charge is 0.0820 e. The molecule has 0 radical (unpaired) electrons. The highest BCUT2D eigenvalue weighted by atomic mass is 16.5. The highest BCUT2D eigenvalue weighted by Gasteiger charge is 2.38. The molecule has 1 spiro atoms. The Labute approximate surface area is 68.3 Å². The van der Waals surface area contributed by atoms with Crippen LogP contribution in [-0.4, -0.2) is 25.3 Å². The first-order valence-electron chi connectivity index (χ1n) is 4.65. The Balaban J connectivity index is 2.00. The highest BCUT2D eigenvalue weighted by molar-refractivity contribution is 4.92. The third kappa shape index (κ3) is 1.42. The van der Waals surface area contributed by atoms with Crippen molar-refractivity contribution < 1.29 is 4.74 Å². The van der Waals surface area contributed by atoms with E-state index in [-0.39, 0.29) is 5.60 Å². The number of hydrogen-bond acceptors (Lipinski definition) is 2. The SMILES string of the molecule is CC1CCOC2(CCNC2)C1. The molecule has 2 heteroatoms. The minimum absolute atomic E-state index is 0.234. The second kappa shape index (κ2) is 2.76. The normalized spacial score (nSPS) is 45.0. The van der Waals surface area contributed by atoms with Gasteiger partial charge in [0.25, 0.3) is 0 Å². The van der Waals surface area contributed by atoms with Crippen LogP contribution in [0.1, 0.15) is 26.2 Å². The van der Waals surface area contributed by atoms with Gasteiger partial charge in [0, 0.05) is 13.2 Å². The molecule has 2 heterocycles. The quantitative estimate of drug-likeness (QED) is 0.567. The summed E-state index contributed by atoms with van der Waals surface area (Å²) in [5, 5.41) is 3.38. The van der Waals surface area contributed by atoms with Crippen molar-refractivity contribution in [3.63, 3.8) is 0 Å². The molecule has 0 amide bonds. The predicted octanol–water partition coefficient (Wildman–Crippen LogP) is 1.17. The molecule has 2 fully saturated rings. The average molecular weight is 155 g/mol. The van der Waals surface area contributed by atoms with Crippen LogP contribution in [0.4, 0.5) is 0 Å². The van der Waals surface area contributed by atoms with Gasteiger partial charge in [0.15, 0.2) is 0 Å². The predicted molar refractivity (Wildman–Crippen MR) is 44.6 cm³/mol. The summed E-state index contributed by atoms with van der Waals surface area (Å²) < 4.78 is 5.83. The summed E-state index contributed by atoms with van der Waals surface area (Å²) in [6.07, 6.45) is 3.74. The summed E-state index contributed by atoms with van der Waals surface area (Å²) in [5.74, 6) is 0.864. The molecule has 64 valence electrons. The molecule has 2 aliphatic heterocycles. The molecule has 0 bridgehead atoms. The third-order valence-corrected chi connectivity index (χ3v) is 2.94. The summed E-state index contributed by atoms with van der Waals surface area (Å²) in [4.78, 5) is 0. The van der Waals surface area contributed by atoms with E-state index in [1.165, 1.54) is 19.3 Å². The van der Waals surface area contributed by atoms with Gasteiger partial charge < -0.3 is 10.1 Å². The average Bonchev–Trinajstić information content (AvgIpc) is 2.37. The van der Waals surface area contributed by atoms with Gasteiger partial charge in [-0.3, -0.25) is 0 Å². The Morgan fingerprint density at radius 1 is 1.55 bits per heavy atom. The molecule has 0 saturated carbocycles. The van der Waals surface area contributed by atoms with Crippen molar-refractivity contribution in [1.29, 1.82) is 0 Å². The van der Waals surface area contributed by atoms with Crippen molar-refractivity contribution >= 4 is 0 Å². The molecule has 2 atom stereocenters. The maximum atomic E-state index is 5.83. The lowest BCUT2D eigenvalue weighted by atomic mass is 9.86. The summed E-state index contributed by atoms with van der Waals surface area (Å²) in [7, 11) is 0. The topological polar surface area (TPSA) is 21.3 Å². The van der Waals surface area contributed by atoms with Gasteiger partial charge in [-0.15, -0.1) is 0 Å². The molecule has 1 N–H and O–H groups in total. The van der Waals surface area contributed by atoms with Gasteiger partial charge in [-0.1, -0.05) is 6.92 Å². The summed E-state index contributed by atoms with van der Waals surface area (Å²) in [6, 6.07) is 0. The van der Waals surface area contributed by atoms with Gasteiger partial charge in [0.2, 0.25) is 0 Å². The van der Waals surface area contributed by atoms with Crippen molar-refractivity contribution in [1.82, 2.24) is 5.32 Å². The van der Waals surface area contributed by atoms with E-state index in [1.54, 1.807) is 0 Å². The zero-order chi connectivity index (χ0) is 7.73. The van der Waals surface area contributed by atoms with E-state index in [9.17, 15) is 0 Å². The molecular formula is C9H17NO. The summed E-state index contributed by atoms with van der Waals surface area (Å²) in [5.41, 5.74) is 0.234. The molecule has 2 rings (SSSR count). The second-order valence-corrected chi connectivity index (χ2v) is 4.06. The van der Waals surface area contributed by atoms with E-state index >= 15 is 0 Å². The standard InChI is InChI=1S/C9H17NO/c1-8-2-5-11-9(6-8)3-4-10-7-9/h8,10H,2-7H2,1H3. The third-order valence-electron chi connectivity index (χ3n) is 2.94. The summed E-state index contributed by atoms with van der Waals surface area (Å²) >= 11 is 0. The van der Waals surface area contributed by atoms with Gasteiger partial charge >= 0.3 is 0 Å². The van der Waals surface area contributed by atoms with Gasteiger partial charge in [-0.25, -0.2) is 0 Å². The first-order chi connectivity index (χ1) is 5.31. The lowest BCUT2D eigenvalue weighted by Gasteiger charge is -2.36. The zero-order valence-corrected chi connectivity index (χ0v) is 7.23. The van der Waals surface area contributed by atoms with E-state index in [0.29, 0.717) is 0 Å². The van der Waals surface area contributed by atoms with Crippen molar-refractivity contribution in [3.8, 4) is 0 Å². The lowest BCUT2D eigenvalue weighted by molar-refractivity contribution is -0.0806. The van der Waals surface area contributed by atoms with Crippen LogP contribution in [0.15, 0.2) is 0 Å². The van der Waals surface area contributed by atoms with E-state index < -0.39 is 0 Å². The van der Waals surface area contributed by atoms with Crippen LogP contribution in [0, 0.1) is 5.92 Å². The number of nitrogens with one attached hydrogen (secondary N) is 1. The highest BCUT2D eigenvalue weighted by Crippen LogP contribution is 2.33. The van der Waals surface area contributed by atoms with Gasteiger partial charge in [-0.2, -0.15) is 0 Å². The van der Waals surface area contributed by atoms with Crippen molar-refractivity contribution in [3.05, 3.63) is 0 Å². The Morgan fingerprint density at radius 2 is 2.45 bits per heavy atom. The van der Waals surface area contributed by atoms with Gasteiger partial charge in [0.05, 0.1) is 5.60 Å². The Morgan fingerprint density at radius 3 is 3.09 bits per heavy atom. The Hall–Kier alpha value is -0.0800. The minimum Gasteiger partial charge on any atom is -0.374 e. The maximum Gasteiger partial charge on any atom is 0.0820 e.